The molecule has 1 aliphatic carbocycles. The van der Waals surface area contributed by atoms with Crippen molar-refractivity contribution in [3.8, 4) is 17.0 Å². The second-order valence-corrected chi connectivity index (χ2v) is 12.2. The highest BCUT2D eigenvalue weighted by atomic mass is 32.1. The van der Waals surface area contributed by atoms with Crippen LogP contribution in [-0.2, 0) is 11.4 Å². The number of ether oxygens (including phenoxy) is 1. The number of hydrogen-bond acceptors (Lipinski definition) is 7. The van der Waals surface area contributed by atoms with Gasteiger partial charge in [-0.25, -0.2) is 4.98 Å². The lowest BCUT2D eigenvalue weighted by molar-refractivity contribution is -0.145. The highest BCUT2D eigenvalue weighted by Crippen LogP contribution is 2.42. The molecule has 41 heavy (non-hydrogen) atoms. The Labute approximate surface area is 245 Å². The van der Waals surface area contributed by atoms with Gasteiger partial charge in [-0.15, -0.1) is 11.3 Å². The number of carboxylic acid groups (broad SMARTS) is 1. The Balaban J connectivity index is 1.32. The van der Waals surface area contributed by atoms with Gasteiger partial charge in [0.15, 0.2) is 5.13 Å². The number of benzene rings is 2. The summed E-state index contributed by atoms with van der Waals surface area (Å²) in [7, 11) is 0. The van der Waals surface area contributed by atoms with E-state index in [0.717, 1.165) is 71.2 Å². The van der Waals surface area contributed by atoms with Gasteiger partial charge in [0.1, 0.15) is 12.4 Å². The molecule has 0 radical (unpaired) electrons. The number of aliphatic carboxylic acids is 1. The van der Waals surface area contributed by atoms with Crippen LogP contribution >= 0.6 is 11.3 Å². The molecule has 2 bridgehead atoms. The summed E-state index contributed by atoms with van der Waals surface area (Å²) in [6.07, 6.45) is 2.83. The highest BCUT2D eigenvalue weighted by Gasteiger charge is 2.40. The van der Waals surface area contributed by atoms with Crippen LogP contribution in [0.4, 0.5) is 5.13 Å². The molecule has 3 aromatic rings. The number of aliphatic hydroxyl groups excluding tert-OH is 1. The zero-order chi connectivity index (χ0) is 29.1. The Kier molecular flexibility index (Phi) is 8.94. The van der Waals surface area contributed by atoms with Crippen molar-refractivity contribution in [2.75, 3.05) is 37.7 Å². The number of amides is 1. The molecule has 6 rings (SSSR count). The second kappa shape index (κ2) is 12.6. The van der Waals surface area contributed by atoms with Crippen LogP contribution in [0.25, 0.3) is 11.3 Å². The summed E-state index contributed by atoms with van der Waals surface area (Å²) in [6.45, 7) is 8.68. The van der Waals surface area contributed by atoms with Gasteiger partial charge in [-0.1, -0.05) is 17.7 Å². The molecule has 3 heterocycles. The lowest BCUT2D eigenvalue weighted by atomic mass is 9.76. The number of fused-ring (bicyclic) bond motifs is 4. The van der Waals surface area contributed by atoms with Crippen molar-refractivity contribution < 1.29 is 24.5 Å². The van der Waals surface area contributed by atoms with Crippen LogP contribution in [-0.4, -0.2) is 64.8 Å². The SMILES string of the molecule is CCN(CCO)C(=O)c1ccc(COc2ccc(C)cc2-c2csc(N3CC4CCC(C3)C(C(=O)O)C4)n2)c(C)c1. The van der Waals surface area contributed by atoms with Crippen LogP contribution in [0, 0.1) is 31.6 Å². The molecule has 0 spiro atoms. The smallest absolute Gasteiger partial charge is 0.306 e. The molecule has 3 unspecified atom stereocenters. The number of rotatable bonds is 10. The predicted octanol–water partition coefficient (Wildman–Crippen LogP) is 5.40. The number of carbonyl (C=O) groups excluding carboxylic acids is 1. The average molecular weight is 578 g/mol. The van der Waals surface area contributed by atoms with Crippen LogP contribution in [0.2, 0.25) is 0 Å². The van der Waals surface area contributed by atoms with Gasteiger partial charge in [-0.3, -0.25) is 9.59 Å². The molecule has 2 N–H and O–H groups in total. The van der Waals surface area contributed by atoms with Crippen molar-refractivity contribution in [3.05, 3.63) is 64.0 Å². The number of hydrogen-bond donors (Lipinski definition) is 2. The third kappa shape index (κ3) is 6.41. The second-order valence-electron chi connectivity index (χ2n) is 11.3. The van der Waals surface area contributed by atoms with Gasteiger partial charge in [0.25, 0.3) is 5.91 Å². The quantitative estimate of drug-likeness (QED) is 0.333. The lowest BCUT2D eigenvalue weighted by Gasteiger charge is -2.28. The number of aliphatic hydroxyl groups is 1. The molecular formula is C32H39N3O5S. The van der Waals surface area contributed by atoms with Crippen molar-refractivity contribution in [1.29, 1.82) is 0 Å². The number of anilines is 1. The van der Waals surface area contributed by atoms with E-state index >= 15 is 0 Å². The number of aromatic nitrogens is 1. The summed E-state index contributed by atoms with van der Waals surface area (Å²) in [5.41, 5.74) is 5.46. The van der Waals surface area contributed by atoms with Crippen LogP contribution in [0.3, 0.4) is 0 Å². The van der Waals surface area contributed by atoms with E-state index in [9.17, 15) is 19.8 Å². The first-order valence-corrected chi connectivity index (χ1v) is 15.3. The molecule has 3 atom stereocenters. The molecule has 218 valence electrons. The fraction of sp³-hybridized carbons (Fsp3) is 0.469. The molecule has 2 aliphatic heterocycles. The Morgan fingerprint density at radius 1 is 1.15 bits per heavy atom. The third-order valence-corrected chi connectivity index (χ3v) is 9.44. The molecule has 9 heteroatoms. The van der Waals surface area contributed by atoms with E-state index in [2.05, 4.69) is 23.3 Å². The van der Waals surface area contributed by atoms with Gasteiger partial charge in [-0.05, 0) is 87.3 Å². The van der Waals surface area contributed by atoms with Crippen molar-refractivity contribution in [3.63, 3.8) is 0 Å². The molecule has 8 nitrogen and oxygen atoms in total. The Bertz CT molecular complexity index is 1410. The van der Waals surface area contributed by atoms with E-state index in [1.807, 2.05) is 44.2 Å². The number of carboxylic acids is 1. The molecule has 1 saturated carbocycles. The van der Waals surface area contributed by atoms with Crippen molar-refractivity contribution in [2.45, 2.75) is 46.6 Å². The van der Waals surface area contributed by atoms with E-state index in [-0.39, 0.29) is 24.3 Å². The summed E-state index contributed by atoms with van der Waals surface area (Å²) in [4.78, 5) is 33.6. The fourth-order valence-corrected chi connectivity index (χ4v) is 7.03. The van der Waals surface area contributed by atoms with Crippen molar-refractivity contribution in [2.24, 2.45) is 17.8 Å². The molecule has 2 saturated heterocycles. The standard InChI is InChI=1S/C32H39N3O5S/c1-4-34(11-12-36)30(37)23-8-9-25(21(3)14-23)18-40-29-10-5-20(2)13-27(29)28-19-41-32(33-28)35-16-22-6-7-24(17-35)26(15-22)31(38)39/h5,8-10,13-14,19,22,24,26,36H,4,6-7,11-12,15-18H2,1-3H3,(H,38,39). The minimum Gasteiger partial charge on any atom is -0.488 e. The van der Waals surface area contributed by atoms with Crippen molar-refractivity contribution in [1.82, 2.24) is 9.88 Å². The zero-order valence-electron chi connectivity index (χ0n) is 24.0. The summed E-state index contributed by atoms with van der Waals surface area (Å²) >= 11 is 1.61. The third-order valence-electron chi connectivity index (χ3n) is 8.54. The van der Waals surface area contributed by atoms with E-state index in [1.165, 1.54) is 0 Å². The molecule has 3 fully saturated rings. The first kappa shape index (κ1) is 29.1. The van der Waals surface area contributed by atoms with Gasteiger partial charge in [-0.2, -0.15) is 0 Å². The summed E-state index contributed by atoms with van der Waals surface area (Å²) in [5.74, 6) is 0.300. The Hall–Kier alpha value is -3.43. The number of thiazole rings is 1. The van der Waals surface area contributed by atoms with E-state index in [4.69, 9.17) is 9.72 Å². The highest BCUT2D eigenvalue weighted by molar-refractivity contribution is 7.14. The first-order chi connectivity index (χ1) is 19.8. The monoisotopic (exact) mass is 577 g/mol. The lowest BCUT2D eigenvalue weighted by Crippen LogP contribution is -2.33. The summed E-state index contributed by atoms with van der Waals surface area (Å²) < 4.78 is 6.34. The van der Waals surface area contributed by atoms with Crippen molar-refractivity contribution >= 4 is 28.3 Å². The van der Waals surface area contributed by atoms with Gasteiger partial charge >= 0.3 is 5.97 Å². The maximum Gasteiger partial charge on any atom is 0.306 e. The topological polar surface area (TPSA) is 103 Å². The number of likely N-dealkylation sites (N-methyl/N-ethyl adjacent to an activating group) is 1. The van der Waals surface area contributed by atoms with Gasteiger partial charge in [0.05, 0.1) is 18.2 Å². The van der Waals surface area contributed by atoms with Crippen LogP contribution in [0.1, 0.15) is 53.2 Å². The molecule has 2 aromatic carbocycles. The average Bonchev–Trinajstić information content (AvgIpc) is 3.27. The normalized spacial score (nSPS) is 20.1. The predicted molar refractivity (Wildman–Crippen MR) is 161 cm³/mol. The van der Waals surface area contributed by atoms with Gasteiger partial charge in [0.2, 0.25) is 0 Å². The number of aryl methyl sites for hydroxylation is 2. The summed E-state index contributed by atoms with van der Waals surface area (Å²) in [6, 6.07) is 11.7. The Morgan fingerprint density at radius 3 is 2.71 bits per heavy atom. The summed E-state index contributed by atoms with van der Waals surface area (Å²) in [5, 5.41) is 22.0. The number of carbonyl (C=O) groups is 2. The maximum absolute atomic E-state index is 12.8. The molecule has 3 aliphatic rings. The molecule has 1 aromatic heterocycles. The van der Waals surface area contributed by atoms with Gasteiger partial charge in [0, 0.05) is 42.7 Å². The fourth-order valence-electron chi connectivity index (χ4n) is 6.19. The number of nitrogens with zero attached hydrogens (tertiary/aromatic N) is 3. The zero-order valence-corrected chi connectivity index (χ0v) is 24.8. The van der Waals surface area contributed by atoms with Gasteiger partial charge < -0.3 is 24.7 Å². The largest absolute Gasteiger partial charge is 0.488 e. The minimum absolute atomic E-state index is 0.0614. The van der Waals surface area contributed by atoms with Crippen LogP contribution in [0.15, 0.2) is 41.8 Å². The van der Waals surface area contributed by atoms with Crippen LogP contribution in [0.5, 0.6) is 5.75 Å². The Morgan fingerprint density at radius 2 is 1.98 bits per heavy atom. The maximum atomic E-state index is 12.8. The first-order valence-electron chi connectivity index (χ1n) is 14.4. The van der Waals surface area contributed by atoms with Crippen LogP contribution < -0.4 is 9.64 Å². The molecule has 1 amide bonds. The minimum atomic E-state index is -0.663. The van der Waals surface area contributed by atoms with E-state index in [1.54, 1.807) is 16.2 Å². The molecular weight excluding hydrogens is 538 g/mol. The van der Waals surface area contributed by atoms with E-state index < -0.39 is 5.97 Å². The van der Waals surface area contributed by atoms with E-state index in [0.29, 0.717) is 31.2 Å².